The summed E-state index contributed by atoms with van der Waals surface area (Å²) in [7, 11) is -3.33. The van der Waals surface area contributed by atoms with Crippen molar-refractivity contribution in [3.8, 4) is 0 Å². The van der Waals surface area contributed by atoms with Crippen molar-refractivity contribution < 1.29 is 17.9 Å². The van der Waals surface area contributed by atoms with Crippen LogP contribution in [0, 0.1) is 0 Å². The SMILES string of the molecule is CCCNCC(C)S(=O)(=O)N(CCOCC)CCOCC. The molecule has 0 aromatic rings. The fourth-order valence-corrected chi connectivity index (χ4v) is 3.33. The van der Waals surface area contributed by atoms with Gasteiger partial charge in [0.25, 0.3) is 0 Å². The monoisotopic (exact) mass is 324 g/mol. The van der Waals surface area contributed by atoms with Crippen LogP contribution in [0.5, 0.6) is 0 Å². The molecule has 0 aromatic heterocycles. The summed E-state index contributed by atoms with van der Waals surface area (Å²) in [5.41, 5.74) is 0. The molecule has 128 valence electrons. The van der Waals surface area contributed by atoms with Gasteiger partial charge in [-0.3, -0.25) is 0 Å². The largest absolute Gasteiger partial charge is 0.380 e. The van der Waals surface area contributed by atoms with Crippen LogP contribution in [0.25, 0.3) is 0 Å². The zero-order valence-electron chi connectivity index (χ0n) is 13.9. The molecule has 0 saturated carbocycles. The predicted octanol–water partition coefficient (Wildman–Crippen LogP) is 1.08. The van der Waals surface area contributed by atoms with Crippen molar-refractivity contribution >= 4 is 10.0 Å². The molecule has 0 spiro atoms. The third kappa shape index (κ3) is 8.73. The fourth-order valence-electron chi connectivity index (χ4n) is 1.83. The minimum absolute atomic E-state index is 0.376. The molecule has 0 aromatic carbocycles. The summed E-state index contributed by atoms with van der Waals surface area (Å²) in [5, 5.41) is 2.71. The first-order valence-corrected chi connectivity index (χ1v) is 9.36. The van der Waals surface area contributed by atoms with Crippen LogP contribution < -0.4 is 5.32 Å². The van der Waals surface area contributed by atoms with Gasteiger partial charge in [-0.1, -0.05) is 6.92 Å². The highest BCUT2D eigenvalue weighted by molar-refractivity contribution is 7.89. The molecular formula is C14H32N2O4S. The molecule has 1 N–H and O–H groups in total. The summed E-state index contributed by atoms with van der Waals surface area (Å²) in [6.07, 6.45) is 0.991. The van der Waals surface area contributed by atoms with Crippen molar-refractivity contribution in [3.63, 3.8) is 0 Å². The Morgan fingerprint density at radius 1 is 1.05 bits per heavy atom. The van der Waals surface area contributed by atoms with Gasteiger partial charge in [0.2, 0.25) is 10.0 Å². The first kappa shape index (κ1) is 20.8. The van der Waals surface area contributed by atoms with Crippen LogP contribution in [-0.2, 0) is 19.5 Å². The van der Waals surface area contributed by atoms with Crippen molar-refractivity contribution in [2.24, 2.45) is 0 Å². The molecule has 1 unspecified atom stereocenters. The van der Waals surface area contributed by atoms with Gasteiger partial charge in [-0.05, 0) is 33.7 Å². The quantitative estimate of drug-likeness (QED) is 0.484. The van der Waals surface area contributed by atoms with Crippen LogP contribution in [0.2, 0.25) is 0 Å². The Bertz CT molecular complexity index is 326. The van der Waals surface area contributed by atoms with Crippen LogP contribution in [0.3, 0.4) is 0 Å². The minimum Gasteiger partial charge on any atom is -0.380 e. The van der Waals surface area contributed by atoms with Gasteiger partial charge >= 0.3 is 0 Å². The fraction of sp³-hybridized carbons (Fsp3) is 1.00. The van der Waals surface area contributed by atoms with Gasteiger partial charge in [0.1, 0.15) is 0 Å². The number of nitrogens with one attached hydrogen (secondary N) is 1. The Morgan fingerprint density at radius 2 is 1.57 bits per heavy atom. The minimum atomic E-state index is -3.33. The van der Waals surface area contributed by atoms with Crippen LogP contribution in [0.1, 0.15) is 34.1 Å². The molecule has 0 saturated heterocycles. The Kier molecular flexibility index (Phi) is 12.2. The maximum atomic E-state index is 12.6. The van der Waals surface area contributed by atoms with E-state index in [1.165, 1.54) is 4.31 Å². The molecule has 0 aliphatic carbocycles. The normalized spacial score (nSPS) is 13.8. The average molecular weight is 324 g/mol. The second kappa shape index (κ2) is 12.3. The molecule has 21 heavy (non-hydrogen) atoms. The summed E-state index contributed by atoms with van der Waals surface area (Å²) in [6, 6.07) is 0. The van der Waals surface area contributed by atoms with Gasteiger partial charge in [0.15, 0.2) is 0 Å². The van der Waals surface area contributed by atoms with Crippen molar-refractivity contribution in [1.29, 1.82) is 0 Å². The Hall–Kier alpha value is -0.210. The Morgan fingerprint density at radius 3 is 2.00 bits per heavy atom. The van der Waals surface area contributed by atoms with E-state index in [1.807, 2.05) is 13.8 Å². The van der Waals surface area contributed by atoms with E-state index in [9.17, 15) is 8.42 Å². The number of hydrogen-bond acceptors (Lipinski definition) is 5. The third-order valence-electron chi connectivity index (χ3n) is 3.11. The second-order valence-corrected chi connectivity index (χ2v) is 7.20. The maximum Gasteiger partial charge on any atom is 0.218 e. The number of ether oxygens (including phenoxy) is 2. The highest BCUT2D eigenvalue weighted by atomic mass is 32.2. The lowest BCUT2D eigenvalue weighted by atomic mass is 10.4. The number of rotatable bonds is 14. The van der Waals surface area contributed by atoms with Crippen LogP contribution in [0.4, 0.5) is 0 Å². The molecular weight excluding hydrogens is 292 g/mol. The molecule has 0 fully saturated rings. The van der Waals surface area contributed by atoms with Gasteiger partial charge in [0, 0.05) is 32.8 Å². The molecule has 0 aliphatic heterocycles. The molecule has 7 heteroatoms. The smallest absolute Gasteiger partial charge is 0.218 e. The van der Waals surface area contributed by atoms with Gasteiger partial charge in [-0.15, -0.1) is 0 Å². The van der Waals surface area contributed by atoms with Crippen LogP contribution >= 0.6 is 0 Å². The summed E-state index contributed by atoms with van der Waals surface area (Å²) in [4.78, 5) is 0. The van der Waals surface area contributed by atoms with Crippen LogP contribution in [-0.4, -0.2) is 70.6 Å². The highest BCUT2D eigenvalue weighted by Gasteiger charge is 2.28. The predicted molar refractivity (Wildman–Crippen MR) is 86.1 cm³/mol. The topological polar surface area (TPSA) is 67.9 Å². The standard InChI is InChI=1S/C14H32N2O4S/c1-5-8-15-13-14(4)21(17,18)16(9-11-19-6-2)10-12-20-7-3/h14-15H,5-13H2,1-4H3. The van der Waals surface area contributed by atoms with E-state index in [0.717, 1.165) is 13.0 Å². The van der Waals surface area contributed by atoms with E-state index in [0.29, 0.717) is 46.1 Å². The van der Waals surface area contributed by atoms with Crippen LogP contribution in [0.15, 0.2) is 0 Å². The lowest BCUT2D eigenvalue weighted by molar-refractivity contribution is 0.110. The number of sulfonamides is 1. The molecule has 0 amide bonds. The van der Waals surface area contributed by atoms with E-state index < -0.39 is 15.3 Å². The Labute approximate surface area is 130 Å². The van der Waals surface area contributed by atoms with Gasteiger partial charge in [-0.25, -0.2) is 8.42 Å². The van der Waals surface area contributed by atoms with Gasteiger partial charge in [-0.2, -0.15) is 4.31 Å². The zero-order valence-corrected chi connectivity index (χ0v) is 14.7. The summed E-state index contributed by atoms with van der Waals surface area (Å²) in [5.74, 6) is 0. The zero-order chi connectivity index (χ0) is 16.1. The molecule has 0 aliphatic rings. The van der Waals surface area contributed by atoms with Gasteiger partial charge < -0.3 is 14.8 Å². The lowest BCUT2D eigenvalue weighted by Crippen LogP contribution is -2.44. The van der Waals surface area contributed by atoms with Crippen molar-refractivity contribution in [3.05, 3.63) is 0 Å². The van der Waals surface area contributed by atoms with E-state index in [-0.39, 0.29) is 0 Å². The summed E-state index contributed by atoms with van der Waals surface area (Å²) < 4.78 is 37.2. The highest BCUT2D eigenvalue weighted by Crippen LogP contribution is 2.08. The van der Waals surface area contributed by atoms with Gasteiger partial charge in [0.05, 0.1) is 18.5 Å². The Balaban J connectivity index is 4.57. The van der Waals surface area contributed by atoms with Crippen molar-refractivity contribution in [1.82, 2.24) is 9.62 Å². The molecule has 6 nitrogen and oxygen atoms in total. The first-order chi connectivity index (χ1) is 10.0. The van der Waals surface area contributed by atoms with Crippen molar-refractivity contribution in [2.75, 3.05) is 52.6 Å². The first-order valence-electron chi connectivity index (χ1n) is 7.85. The molecule has 1 atom stereocenters. The van der Waals surface area contributed by atoms with E-state index in [1.54, 1.807) is 6.92 Å². The average Bonchev–Trinajstić information content (AvgIpc) is 2.46. The van der Waals surface area contributed by atoms with Crippen molar-refractivity contribution in [2.45, 2.75) is 39.4 Å². The molecule has 0 heterocycles. The number of hydrogen-bond donors (Lipinski definition) is 1. The number of nitrogens with zero attached hydrogens (tertiary/aromatic N) is 1. The van der Waals surface area contributed by atoms with E-state index in [2.05, 4.69) is 12.2 Å². The van der Waals surface area contributed by atoms with E-state index >= 15 is 0 Å². The lowest BCUT2D eigenvalue weighted by Gasteiger charge is -2.26. The second-order valence-electron chi connectivity index (χ2n) is 4.85. The molecule has 0 rings (SSSR count). The molecule has 0 bridgehead atoms. The third-order valence-corrected chi connectivity index (χ3v) is 5.37. The van der Waals surface area contributed by atoms with E-state index in [4.69, 9.17) is 9.47 Å². The molecule has 0 radical (unpaired) electrons. The summed E-state index contributed by atoms with van der Waals surface area (Å²) >= 11 is 0. The maximum absolute atomic E-state index is 12.6. The summed E-state index contributed by atoms with van der Waals surface area (Å²) in [6.45, 7) is 11.7.